The number of esters is 1. The minimum Gasteiger partial charge on any atom is -0.452 e. The quantitative estimate of drug-likeness (QED) is 0.358. The summed E-state index contributed by atoms with van der Waals surface area (Å²) in [6, 6.07) is 8.79. The van der Waals surface area contributed by atoms with Gasteiger partial charge in [-0.25, -0.2) is 13.2 Å². The summed E-state index contributed by atoms with van der Waals surface area (Å²) in [6.45, 7) is 0.560. The molecule has 1 fully saturated rings. The van der Waals surface area contributed by atoms with Crippen molar-refractivity contribution in [3.8, 4) is 0 Å². The number of nitro groups is 1. The smallest absolute Gasteiger partial charge is 0.340 e. The van der Waals surface area contributed by atoms with E-state index in [0.29, 0.717) is 18.9 Å². The third kappa shape index (κ3) is 5.59. The predicted molar refractivity (Wildman–Crippen MR) is 113 cm³/mol. The number of hydrogen-bond acceptors (Lipinski definition) is 8. The van der Waals surface area contributed by atoms with Gasteiger partial charge in [-0.05, 0) is 30.3 Å². The highest BCUT2D eigenvalue weighted by atomic mass is 35.5. The molecule has 0 spiro atoms. The molecule has 0 radical (unpaired) electrons. The number of sulfonamides is 1. The first-order valence-electron chi connectivity index (χ1n) is 9.27. The fourth-order valence-corrected chi connectivity index (χ4v) is 4.50. The lowest BCUT2D eigenvalue weighted by atomic mass is 10.2. The number of anilines is 1. The van der Waals surface area contributed by atoms with E-state index in [9.17, 15) is 28.1 Å². The number of benzene rings is 2. The molecule has 1 saturated heterocycles. The molecule has 0 aliphatic carbocycles. The Kier molecular flexibility index (Phi) is 7.40. The molecular weight excluding hydrogens is 466 g/mol. The molecule has 2 aromatic rings. The van der Waals surface area contributed by atoms with Crippen molar-refractivity contribution in [2.75, 3.05) is 38.2 Å². The van der Waals surface area contributed by atoms with Crippen LogP contribution in [0.3, 0.4) is 0 Å². The monoisotopic (exact) mass is 483 g/mol. The summed E-state index contributed by atoms with van der Waals surface area (Å²) in [5, 5.41) is 13.0. The van der Waals surface area contributed by atoms with E-state index in [1.165, 1.54) is 28.6 Å². The third-order valence-corrected chi connectivity index (χ3v) is 6.69. The summed E-state index contributed by atoms with van der Waals surface area (Å²) in [4.78, 5) is 34.3. The van der Waals surface area contributed by atoms with E-state index >= 15 is 0 Å². The molecule has 1 aliphatic heterocycles. The largest absolute Gasteiger partial charge is 0.452 e. The van der Waals surface area contributed by atoms with E-state index in [4.69, 9.17) is 21.1 Å². The van der Waals surface area contributed by atoms with Crippen LogP contribution in [-0.4, -0.2) is 62.4 Å². The number of carbonyl (C=O) groups excluding carboxylic acids is 2. The Morgan fingerprint density at radius 2 is 1.81 bits per heavy atom. The number of morpholine rings is 1. The van der Waals surface area contributed by atoms with Crippen LogP contribution in [0.1, 0.15) is 10.4 Å². The average Bonchev–Trinajstić information content (AvgIpc) is 2.78. The molecule has 2 aromatic carbocycles. The van der Waals surface area contributed by atoms with Gasteiger partial charge in [0.2, 0.25) is 10.0 Å². The molecule has 11 nitrogen and oxygen atoms in total. The number of nitro benzene ring substituents is 1. The van der Waals surface area contributed by atoms with Gasteiger partial charge >= 0.3 is 5.97 Å². The molecule has 13 heteroatoms. The maximum absolute atomic E-state index is 12.6. The van der Waals surface area contributed by atoms with Gasteiger partial charge in [0.05, 0.1) is 33.6 Å². The Bertz CT molecular complexity index is 1130. The summed E-state index contributed by atoms with van der Waals surface area (Å²) in [5.74, 6) is -1.59. The number of halogens is 1. The fourth-order valence-electron chi connectivity index (χ4n) is 2.84. The Balaban J connectivity index is 1.56. The standard InChI is InChI=1S/C19H18ClN3O8S/c20-17-11-14(23(26)27)3-6-16(17)19(25)31-12-18(24)21-13-1-4-15(5-2-13)32(28,29)22-7-9-30-10-8-22/h1-6,11H,7-10,12H2,(H,21,24). The van der Waals surface area contributed by atoms with Gasteiger partial charge in [-0.1, -0.05) is 11.6 Å². The number of non-ortho nitro benzene ring substituents is 1. The second-order valence-corrected chi connectivity index (χ2v) is 8.93. The molecule has 0 saturated carbocycles. The van der Waals surface area contributed by atoms with Crippen molar-refractivity contribution in [1.29, 1.82) is 0 Å². The summed E-state index contributed by atoms with van der Waals surface area (Å²) < 4.78 is 36.6. The Hall–Kier alpha value is -3.06. The molecule has 0 unspecified atom stereocenters. The van der Waals surface area contributed by atoms with Crippen molar-refractivity contribution in [3.05, 3.63) is 63.2 Å². The second kappa shape index (κ2) is 10.0. The maximum atomic E-state index is 12.6. The van der Waals surface area contributed by atoms with E-state index in [1.807, 2.05) is 0 Å². The first kappa shape index (κ1) is 23.6. The van der Waals surface area contributed by atoms with Crippen LogP contribution in [0, 0.1) is 10.1 Å². The molecular formula is C19H18ClN3O8S. The van der Waals surface area contributed by atoms with E-state index in [2.05, 4.69) is 5.32 Å². The molecule has 32 heavy (non-hydrogen) atoms. The van der Waals surface area contributed by atoms with E-state index in [0.717, 1.165) is 18.2 Å². The van der Waals surface area contributed by atoms with Crippen LogP contribution in [0.5, 0.6) is 0 Å². The zero-order valence-corrected chi connectivity index (χ0v) is 18.1. The average molecular weight is 484 g/mol. The zero-order valence-electron chi connectivity index (χ0n) is 16.5. The molecule has 0 bridgehead atoms. The zero-order chi connectivity index (χ0) is 23.3. The van der Waals surface area contributed by atoms with Gasteiger partial charge in [-0.2, -0.15) is 4.31 Å². The van der Waals surface area contributed by atoms with Crippen molar-refractivity contribution in [2.45, 2.75) is 4.90 Å². The van der Waals surface area contributed by atoms with Gasteiger partial charge in [0.25, 0.3) is 11.6 Å². The number of hydrogen-bond donors (Lipinski definition) is 1. The van der Waals surface area contributed by atoms with E-state index in [-0.39, 0.29) is 34.3 Å². The van der Waals surface area contributed by atoms with Gasteiger partial charge in [0.15, 0.2) is 6.61 Å². The number of rotatable bonds is 7. The Labute approximate surface area is 188 Å². The lowest BCUT2D eigenvalue weighted by Gasteiger charge is -2.26. The van der Waals surface area contributed by atoms with Gasteiger partial charge in [-0.15, -0.1) is 0 Å². The molecule has 3 rings (SSSR count). The maximum Gasteiger partial charge on any atom is 0.340 e. The lowest BCUT2D eigenvalue weighted by molar-refractivity contribution is -0.384. The highest BCUT2D eigenvalue weighted by Gasteiger charge is 2.26. The van der Waals surface area contributed by atoms with Crippen LogP contribution in [0.25, 0.3) is 0 Å². The third-order valence-electron chi connectivity index (χ3n) is 4.46. The molecule has 1 aliphatic rings. The van der Waals surface area contributed by atoms with E-state index in [1.54, 1.807) is 0 Å². The van der Waals surface area contributed by atoms with Crippen molar-refractivity contribution < 1.29 is 32.4 Å². The van der Waals surface area contributed by atoms with Gasteiger partial charge in [-0.3, -0.25) is 14.9 Å². The highest BCUT2D eigenvalue weighted by Crippen LogP contribution is 2.23. The first-order valence-corrected chi connectivity index (χ1v) is 11.1. The van der Waals surface area contributed by atoms with Gasteiger partial charge in [0, 0.05) is 30.9 Å². The number of carbonyl (C=O) groups is 2. The van der Waals surface area contributed by atoms with Crippen LogP contribution in [-0.2, 0) is 24.3 Å². The number of nitrogens with one attached hydrogen (secondary N) is 1. The highest BCUT2D eigenvalue weighted by molar-refractivity contribution is 7.89. The molecule has 1 amide bonds. The predicted octanol–water partition coefficient (Wildman–Crippen LogP) is 2.06. The Morgan fingerprint density at radius 1 is 1.16 bits per heavy atom. The first-order chi connectivity index (χ1) is 15.2. The lowest BCUT2D eigenvalue weighted by Crippen LogP contribution is -2.40. The summed E-state index contributed by atoms with van der Waals surface area (Å²) in [7, 11) is -3.66. The van der Waals surface area contributed by atoms with E-state index < -0.39 is 33.4 Å². The normalized spacial score (nSPS) is 14.5. The van der Waals surface area contributed by atoms with Crippen LogP contribution in [0.15, 0.2) is 47.4 Å². The molecule has 1 heterocycles. The van der Waals surface area contributed by atoms with Crippen LogP contribution in [0.4, 0.5) is 11.4 Å². The number of ether oxygens (including phenoxy) is 2. The second-order valence-electron chi connectivity index (χ2n) is 6.59. The van der Waals surface area contributed by atoms with Crippen LogP contribution >= 0.6 is 11.6 Å². The molecule has 1 N–H and O–H groups in total. The van der Waals surface area contributed by atoms with Crippen molar-refractivity contribution in [1.82, 2.24) is 4.31 Å². The summed E-state index contributed by atoms with van der Waals surface area (Å²) in [5.41, 5.74) is -0.105. The van der Waals surface area contributed by atoms with Gasteiger partial charge in [0.1, 0.15) is 0 Å². The molecule has 170 valence electrons. The molecule has 0 aromatic heterocycles. The minimum absolute atomic E-state index is 0.0802. The fraction of sp³-hybridized carbons (Fsp3) is 0.263. The van der Waals surface area contributed by atoms with Crippen molar-refractivity contribution >= 4 is 44.9 Å². The summed E-state index contributed by atoms with van der Waals surface area (Å²) in [6.07, 6.45) is 0. The molecule has 0 atom stereocenters. The Morgan fingerprint density at radius 3 is 2.41 bits per heavy atom. The summed E-state index contributed by atoms with van der Waals surface area (Å²) >= 11 is 5.86. The SMILES string of the molecule is O=C(COC(=O)c1ccc([N+](=O)[O-])cc1Cl)Nc1ccc(S(=O)(=O)N2CCOCC2)cc1. The number of amides is 1. The van der Waals surface area contributed by atoms with Crippen molar-refractivity contribution in [2.24, 2.45) is 0 Å². The van der Waals surface area contributed by atoms with Crippen LogP contribution in [0.2, 0.25) is 5.02 Å². The van der Waals surface area contributed by atoms with Crippen LogP contribution < -0.4 is 5.32 Å². The topological polar surface area (TPSA) is 145 Å². The number of nitrogens with zero attached hydrogens (tertiary/aromatic N) is 2. The minimum atomic E-state index is -3.66. The van der Waals surface area contributed by atoms with Crippen molar-refractivity contribution in [3.63, 3.8) is 0 Å². The van der Waals surface area contributed by atoms with Gasteiger partial charge < -0.3 is 14.8 Å².